The molecule has 1 N–H and O–H groups in total. The SMILES string of the molecule is Cc1nc(S(=O)(=O)N2CCC(C(=O)NC3(c4ccc(Cl)cc4)CCC3)CC2)cn1C. The highest BCUT2D eigenvalue weighted by Gasteiger charge is 2.42. The van der Waals surface area contributed by atoms with Gasteiger partial charge in [-0.3, -0.25) is 4.79 Å². The monoisotopic (exact) mass is 450 g/mol. The molecule has 2 aromatic rings. The van der Waals surface area contributed by atoms with E-state index in [4.69, 9.17) is 11.6 Å². The van der Waals surface area contributed by atoms with Crippen LogP contribution in [0.15, 0.2) is 35.5 Å². The van der Waals surface area contributed by atoms with Crippen LogP contribution >= 0.6 is 11.6 Å². The number of benzene rings is 1. The number of carbonyl (C=O) groups is 1. The summed E-state index contributed by atoms with van der Waals surface area (Å²) < 4.78 is 28.9. The van der Waals surface area contributed by atoms with Gasteiger partial charge in [0.05, 0.1) is 5.54 Å². The van der Waals surface area contributed by atoms with Crippen LogP contribution < -0.4 is 5.32 Å². The van der Waals surface area contributed by atoms with Crippen molar-refractivity contribution >= 4 is 27.5 Å². The Morgan fingerprint density at radius 1 is 1.20 bits per heavy atom. The van der Waals surface area contributed by atoms with E-state index in [1.165, 1.54) is 10.5 Å². The van der Waals surface area contributed by atoms with E-state index in [0.717, 1.165) is 24.8 Å². The molecular weight excluding hydrogens is 424 g/mol. The molecule has 2 fully saturated rings. The number of nitrogens with one attached hydrogen (secondary N) is 1. The number of nitrogens with zero attached hydrogens (tertiary/aromatic N) is 3. The zero-order chi connectivity index (χ0) is 21.5. The summed E-state index contributed by atoms with van der Waals surface area (Å²) in [5.74, 6) is 0.470. The first kappa shape index (κ1) is 21.3. The number of rotatable bonds is 5. The average molecular weight is 451 g/mol. The molecule has 1 saturated heterocycles. The number of piperidine rings is 1. The second-order valence-corrected chi connectivity index (χ2v) is 10.7. The van der Waals surface area contributed by atoms with E-state index in [9.17, 15) is 13.2 Å². The highest BCUT2D eigenvalue weighted by molar-refractivity contribution is 7.89. The van der Waals surface area contributed by atoms with Crippen molar-refractivity contribution in [1.29, 1.82) is 0 Å². The molecule has 4 rings (SSSR count). The van der Waals surface area contributed by atoms with Crippen LogP contribution in [0.2, 0.25) is 5.02 Å². The van der Waals surface area contributed by atoms with Crippen LogP contribution in [0.25, 0.3) is 0 Å². The molecule has 1 aliphatic heterocycles. The number of carbonyl (C=O) groups excluding carboxylic acids is 1. The second-order valence-electron chi connectivity index (χ2n) is 8.35. The van der Waals surface area contributed by atoms with Crippen molar-refractivity contribution in [2.24, 2.45) is 13.0 Å². The minimum atomic E-state index is -3.63. The third-order valence-corrected chi connectivity index (χ3v) is 8.50. The molecule has 1 aromatic heterocycles. The van der Waals surface area contributed by atoms with Gasteiger partial charge in [-0.05, 0) is 56.7 Å². The molecule has 0 radical (unpaired) electrons. The highest BCUT2D eigenvalue weighted by Crippen LogP contribution is 2.42. The summed E-state index contributed by atoms with van der Waals surface area (Å²) in [5.41, 5.74) is 0.758. The molecule has 2 aliphatic rings. The topological polar surface area (TPSA) is 84.3 Å². The Balaban J connectivity index is 1.40. The van der Waals surface area contributed by atoms with E-state index in [0.29, 0.717) is 36.8 Å². The minimum absolute atomic E-state index is 0.00961. The summed E-state index contributed by atoms with van der Waals surface area (Å²) in [4.78, 5) is 17.2. The normalized spacial score (nSPS) is 20.0. The van der Waals surface area contributed by atoms with Crippen molar-refractivity contribution in [3.8, 4) is 0 Å². The van der Waals surface area contributed by atoms with E-state index >= 15 is 0 Å². The fourth-order valence-electron chi connectivity index (χ4n) is 4.26. The van der Waals surface area contributed by atoms with Gasteiger partial charge < -0.3 is 9.88 Å². The van der Waals surface area contributed by atoms with Crippen molar-refractivity contribution in [2.45, 2.75) is 49.6 Å². The fourth-order valence-corrected chi connectivity index (χ4v) is 5.89. The lowest BCUT2D eigenvalue weighted by molar-refractivity contribution is -0.129. The third kappa shape index (κ3) is 3.88. The Bertz CT molecular complexity index is 1020. The van der Waals surface area contributed by atoms with Gasteiger partial charge in [0, 0.05) is 37.3 Å². The molecule has 1 amide bonds. The molecule has 0 spiro atoms. The van der Waals surface area contributed by atoms with Crippen LogP contribution in [0.4, 0.5) is 0 Å². The maximum absolute atomic E-state index is 13.0. The number of halogens is 1. The smallest absolute Gasteiger partial charge is 0.262 e. The number of aromatic nitrogens is 2. The summed E-state index contributed by atoms with van der Waals surface area (Å²) in [6.45, 7) is 2.42. The number of imidazole rings is 1. The number of hydrogen-bond acceptors (Lipinski definition) is 4. The maximum Gasteiger partial charge on any atom is 0.262 e. The first-order valence-corrected chi connectivity index (χ1v) is 12.1. The summed E-state index contributed by atoms with van der Waals surface area (Å²) in [6, 6.07) is 7.66. The molecule has 0 bridgehead atoms. The van der Waals surface area contributed by atoms with Gasteiger partial charge in [0.2, 0.25) is 5.91 Å². The predicted octanol–water partition coefficient (Wildman–Crippen LogP) is 2.98. The van der Waals surface area contributed by atoms with Crippen LogP contribution in [0, 0.1) is 12.8 Å². The van der Waals surface area contributed by atoms with E-state index in [1.807, 2.05) is 24.3 Å². The molecule has 7 nitrogen and oxygen atoms in total. The molecule has 30 heavy (non-hydrogen) atoms. The molecule has 162 valence electrons. The first-order chi connectivity index (χ1) is 14.2. The lowest BCUT2D eigenvalue weighted by atomic mass is 9.71. The van der Waals surface area contributed by atoms with Gasteiger partial charge in [0.15, 0.2) is 5.03 Å². The van der Waals surface area contributed by atoms with E-state index < -0.39 is 10.0 Å². The Hall–Kier alpha value is -1.90. The number of sulfonamides is 1. The van der Waals surface area contributed by atoms with Crippen LogP contribution in [-0.2, 0) is 27.4 Å². The largest absolute Gasteiger partial charge is 0.346 e. The van der Waals surface area contributed by atoms with Crippen molar-refractivity contribution in [3.63, 3.8) is 0 Å². The van der Waals surface area contributed by atoms with Gasteiger partial charge in [0.25, 0.3) is 10.0 Å². The molecule has 0 unspecified atom stereocenters. The van der Waals surface area contributed by atoms with Crippen LogP contribution in [0.3, 0.4) is 0 Å². The molecule has 2 heterocycles. The first-order valence-electron chi connectivity index (χ1n) is 10.3. The molecular formula is C21H27ClN4O3S. The summed E-state index contributed by atoms with van der Waals surface area (Å²) in [5, 5.41) is 4.01. The lowest BCUT2D eigenvalue weighted by Gasteiger charge is -2.44. The Kier molecular flexibility index (Phi) is 5.67. The van der Waals surface area contributed by atoms with Crippen molar-refractivity contribution in [2.75, 3.05) is 13.1 Å². The summed E-state index contributed by atoms with van der Waals surface area (Å²) in [7, 11) is -1.86. The van der Waals surface area contributed by atoms with Crippen LogP contribution in [0.5, 0.6) is 0 Å². The number of aryl methyl sites for hydroxylation is 2. The number of amides is 1. The van der Waals surface area contributed by atoms with Crippen LogP contribution in [-0.4, -0.2) is 41.3 Å². The van der Waals surface area contributed by atoms with Gasteiger partial charge in [-0.25, -0.2) is 13.4 Å². The highest BCUT2D eigenvalue weighted by atomic mass is 35.5. The standard InChI is InChI=1S/C21H27ClN4O3S/c1-15-23-19(14-25(15)2)30(28,29)26-12-8-16(9-13-26)20(27)24-21(10-3-11-21)17-4-6-18(22)7-5-17/h4-7,14,16H,3,8-13H2,1-2H3,(H,24,27). The summed E-state index contributed by atoms with van der Waals surface area (Å²) in [6.07, 6.45) is 5.44. The van der Waals surface area contributed by atoms with Crippen molar-refractivity contribution in [1.82, 2.24) is 19.2 Å². The van der Waals surface area contributed by atoms with Gasteiger partial charge in [-0.2, -0.15) is 4.31 Å². The van der Waals surface area contributed by atoms with E-state index in [2.05, 4.69) is 10.3 Å². The lowest BCUT2D eigenvalue weighted by Crippen LogP contribution is -2.53. The van der Waals surface area contributed by atoms with E-state index in [1.54, 1.807) is 18.5 Å². The van der Waals surface area contributed by atoms with Crippen molar-refractivity contribution < 1.29 is 13.2 Å². The maximum atomic E-state index is 13.0. The molecule has 0 atom stereocenters. The Morgan fingerprint density at radius 2 is 1.83 bits per heavy atom. The predicted molar refractivity (Wildman–Crippen MR) is 115 cm³/mol. The number of hydrogen-bond donors (Lipinski definition) is 1. The second kappa shape index (κ2) is 7.98. The minimum Gasteiger partial charge on any atom is -0.346 e. The van der Waals surface area contributed by atoms with Gasteiger partial charge >= 0.3 is 0 Å². The molecule has 1 saturated carbocycles. The van der Waals surface area contributed by atoms with Crippen molar-refractivity contribution in [3.05, 3.63) is 46.9 Å². The molecule has 1 aliphatic carbocycles. The van der Waals surface area contributed by atoms with Gasteiger partial charge in [-0.1, -0.05) is 23.7 Å². The van der Waals surface area contributed by atoms with E-state index in [-0.39, 0.29) is 22.4 Å². The Labute approximate surface area is 182 Å². The average Bonchev–Trinajstić information content (AvgIpc) is 3.05. The fraction of sp³-hybridized carbons (Fsp3) is 0.524. The molecule has 9 heteroatoms. The van der Waals surface area contributed by atoms with Gasteiger partial charge in [0.1, 0.15) is 5.82 Å². The third-order valence-electron chi connectivity index (χ3n) is 6.48. The quantitative estimate of drug-likeness (QED) is 0.758. The zero-order valence-corrected chi connectivity index (χ0v) is 18.8. The molecule has 1 aromatic carbocycles. The van der Waals surface area contributed by atoms with Gasteiger partial charge in [-0.15, -0.1) is 0 Å². The zero-order valence-electron chi connectivity index (χ0n) is 17.3. The summed E-state index contributed by atoms with van der Waals surface area (Å²) >= 11 is 6.01. The Morgan fingerprint density at radius 3 is 2.33 bits per heavy atom. The van der Waals surface area contributed by atoms with Crippen LogP contribution in [0.1, 0.15) is 43.5 Å².